The van der Waals surface area contributed by atoms with Gasteiger partial charge in [-0.1, -0.05) is 6.92 Å². The molecule has 3 unspecified atom stereocenters. The average molecular weight is 279 g/mol. The van der Waals surface area contributed by atoms with Gasteiger partial charge in [0.1, 0.15) is 0 Å². The number of fused-ring (bicyclic) bond motifs is 1. The number of aliphatic hydroxyl groups is 1. The highest BCUT2D eigenvalue weighted by Crippen LogP contribution is 2.36. The number of nitrogens with zero attached hydrogens (tertiary/aromatic N) is 1. The van der Waals surface area contributed by atoms with Crippen LogP contribution in [-0.4, -0.2) is 35.1 Å². The largest absolute Gasteiger partial charge is 0.391 e. The molecule has 1 aromatic heterocycles. The quantitative estimate of drug-likeness (QED) is 0.857. The Morgan fingerprint density at radius 1 is 1.47 bits per heavy atom. The number of piperidine rings is 1. The SMILES string of the molecule is CC1CCN(C(=O)C2CCCc3sccc32)CC1O. The first-order chi connectivity index (χ1) is 9.16. The lowest BCUT2D eigenvalue weighted by molar-refractivity contribution is -0.137. The molecule has 1 amide bonds. The molecule has 0 aromatic carbocycles. The molecule has 1 aliphatic carbocycles. The molecule has 3 nitrogen and oxygen atoms in total. The molecule has 0 radical (unpaired) electrons. The smallest absolute Gasteiger partial charge is 0.230 e. The molecular weight excluding hydrogens is 258 g/mol. The van der Waals surface area contributed by atoms with Crippen LogP contribution in [0.2, 0.25) is 0 Å². The van der Waals surface area contributed by atoms with Gasteiger partial charge in [-0.3, -0.25) is 4.79 Å². The lowest BCUT2D eigenvalue weighted by Gasteiger charge is -2.37. The van der Waals surface area contributed by atoms with E-state index in [0.29, 0.717) is 12.5 Å². The Morgan fingerprint density at radius 3 is 3.11 bits per heavy atom. The first kappa shape index (κ1) is 13.1. The fraction of sp³-hybridized carbons (Fsp3) is 0.667. The van der Waals surface area contributed by atoms with Crippen LogP contribution in [0.1, 0.15) is 42.5 Å². The highest BCUT2D eigenvalue weighted by molar-refractivity contribution is 7.10. The van der Waals surface area contributed by atoms with E-state index >= 15 is 0 Å². The number of carbonyl (C=O) groups excluding carboxylic acids is 1. The third kappa shape index (κ3) is 2.43. The molecule has 4 heteroatoms. The van der Waals surface area contributed by atoms with Gasteiger partial charge in [0, 0.05) is 18.0 Å². The molecule has 0 saturated carbocycles. The fourth-order valence-electron chi connectivity index (χ4n) is 3.21. The summed E-state index contributed by atoms with van der Waals surface area (Å²) in [6, 6.07) is 2.12. The van der Waals surface area contributed by atoms with Gasteiger partial charge in [0.15, 0.2) is 0 Å². The van der Waals surface area contributed by atoms with E-state index in [-0.39, 0.29) is 17.9 Å². The van der Waals surface area contributed by atoms with Crippen molar-refractivity contribution in [1.29, 1.82) is 0 Å². The zero-order valence-corrected chi connectivity index (χ0v) is 12.2. The summed E-state index contributed by atoms with van der Waals surface area (Å²) < 4.78 is 0. The van der Waals surface area contributed by atoms with E-state index in [4.69, 9.17) is 0 Å². The first-order valence-corrected chi connectivity index (χ1v) is 8.08. The number of hydrogen-bond donors (Lipinski definition) is 1. The van der Waals surface area contributed by atoms with Crippen molar-refractivity contribution in [3.63, 3.8) is 0 Å². The lowest BCUT2D eigenvalue weighted by atomic mass is 9.85. The topological polar surface area (TPSA) is 40.5 Å². The normalized spacial score (nSPS) is 31.1. The van der Waals surface area contributed by atoms with E-state index in [1.165, 1.54) is 10.4 Å². The molecular formula is C15H21NO2S. The molecule has 19 heavy (non-hydrogen) atoms. The van der Waals surface area contributed by atoms with Crippen LogP contribution in [0.3, 0.4) is 0 Å². The van der Waals surface area contributed by atoms with Gasteiger partial charge in [-0.05, 0) is 48.6 Å². The standard InChI is InChI=1S/C15H21NO2S/c1-10-5-7-16(9-13(10)17)15(18)12-3-2-4-14-11(12)6-8-19-14/h6,8,10,12-13,17H,2-5,7,9H2,1H3. The lowest BCUT2D eigenvalue weighted by Crippen LogP contribution is -2.47. The van der Waals surface area contributed by atoms with Crippen molar-refractivity contribution < 1.29 is 9.90 Å². The number of rotatable bonds is 1. The Morgan fingerprint density at radius 2 is 2.32 bits per heavy atom. The van der Waals surface area contributed by atoms with Crippen molar-refractivity contribution in [3.05, 3.63) is 21.9 Å². The number of aliphatic hydroxyl groups excluding tert-OH is 1. The summed E-state index contributed by atoms with van der Waals surface area (Å²) in [5.41, 5.74) is 1.24. The number of aryl methyl sites for hydroxylation is 1. The Kier molecular flexibility index (Phi) is 3.63. The van der Waals surface area contributed by atoms with Crippen LogP contribution < -0.4 is 0 Å². The summed E-state index contributed by atoms with van der Waals surface area (Å²) in [5.74, 6) is 0.577. The predicted octanol–water partition coefficient (Wildman–Crippen LogP) is 2.40. The van der Waals surface area contributed by atoms with Crippen LogP contribution in [0.15, 0.2) is 11.4 Å². The Hall–Kier alpha value is -0.870. The summed E-state index contributed by atoms with van der Waals surface area (Å²) in [7, 11) is 0. The minimum Gasteiger partial charge on any atom is -0.391 e. The summed E-state index contributed by atoms with van der Waals surface area (Å²) in [6.45, 7) is 3.37. The molecule has 1 saturated heterocycles. The maximum atomic E-state index is 12.7. The molecule has 104 valence electrons. The third-order valence-electron chi connectivity index (χ3n) is 4.58. The van der Waals surface area contributed by atoms with Crippen molar-refractivity contribution in [2.24, 2.45) is 5.92 Å². The molecule has 2 aliphatic rings. The van der Waals surface area contributed by atoms with Crippen LogP contribution in [0.4, 0.5) is 0 Å². The van der Waals surface area contributed by atoms with Crippen LogP contribution in [0.5, 0.6) is 0 Å². The predicted molar refractivity (Wildman–Crippen MR) is 76.4 cm³/mol. The second-order valence-corrected chi connectivity index (χ2v) is 6.86. The summed E-state index contributed by atoms with van der Waals surface area (Å²) in [5, 5.41) is 12.1. The van der Waals surface area contributed by atoms with E-state index < -0.39 is 0 Å². The average Bonchev–Trinajstić information content (AvgIpc) is 2.89. The molecule has 0 bridgehead atoms. The van der Waals surface area contributed by atoms with Crippen LogP contribution in [0.25, 0.3) is 0 Å². The molecule has 0 spiro atoms. The molecule has 1 aliphatic heterocycles. The number of amides is 1. The zero-order chi connectivity index (χ0) is 13.4. The third-order valence-corrected chi connectivity index (χ3v) is 5.58. The van der Waals surface area contributed by atoms with Crippen LogP contribution >= 0.6 is 11.3 Å². The maximum absolute atomic E-state index is 12.7. The van der Waals surface area contributed by atoms with Gasteiger partial charge in [0.05, 0.1) is 12.0 Å². The zero-order valence-electron chi connectivity index (χ0n) is 11.3. The molecule has 1 aromatic rings. The van der Waals surface area contributed by atoms with Gasteiger partial charge in [0.2, 0.25) is 5.91 Å². The molecule has 1 N–H and O–H groups in total. The number of thiophene rings is 1. The van der Waals surface area contributed by atoms with E-state index in [0.717, 1.165) is 32.2 Å². The minimum absolute atomic E-state index is 0.0376. The minimum atomic E-state index is -0.358. The Bertz CT molecular complexity index is 470. The Labute approximate surface area is 118 Å². The summed E-state index contributed by atoms with van der Waals surface area (Å²) in [4.78, 5) is 15.9. The molecule has 2 heterocycles. The highest BCUT2D eigenvalue weighted by atomic mass is 32.1. The number of carbonyl (C=O) groups is 1. The maximum Gasteiger partial charge on any atom is 0.230 e. The van der Waals surface area contributed by atoms with Gasteiger partial charge in [-0.2, -0.15) is 0 Å². The van der Waals surface area contributed by atoms with Crippen LogP contribution in [0, 0.1) is 5.92 Å². The van der Waals surface area contributed by atoms with Crippen molar-refractivity contribution in [2.75, 3.05) is 13.1 Å². The summed E-state index contributed by atoms with van der Waals surface area (Å²) >= 11 is 1.77. The molecule has 1 fully saturated rings. The molecule has 3 atom stereocenters. The van der Waals surface area contributed by atoms with Gasteiger partial charge < -0.3 is 10.0 Å². The van der Waals surface area contributed by atoms with Crippen molar-refractivity contribution in [1.82, 2.24) is 4.90 Å². The van der Waals surface area contributed by atoms with E-state index in [1.807, 2.05) is 4.90 Å². The Balaban J connectivity index is 1.75. The second-order valence-electron chi connectivity index (χ2n) is 5.86. The van der Waals surface area contributed by atoms with Gasteiger partial charge in [-0.25, -0.2) is 0 Å². The van der Waals surface area contributed by atoms with Crippen LogP contribution in [-0.2, 0) is 11.2 Å². The monoisotopic (exact) mass is 279 g/mol. The number of β-amino-alcohol motifs (C(OH)–C–C–N with tert-alkyl or cyclic N) is 1. The van der Waals surface area contributed by atoms with E-state index in [1.54, 1.807) is 11.3 Å². The second kappa shape index (κ2) is 5.25. The van der Waals surface area contributed by atoms with Gasteiger partial charge >= 0.3 is 0 Å². The van der Waals surface area contributed by atoms with Crippen molar-refractivity contribution >= 4 is 17.2 Å². The van der Waals surface area contributed by atoms with Gasteiger partial charge in [-0.15, -0.1) is 11.3 Å². The van der Waals surface area contributed by atoms with Gasteiger partial charge in [0.25, 0.3) is 0 Å². The molecule has 3 rings (SSSR count). The number of hydrogen-bond acceptors (Lipinski definition) is 3. The van der Waals surface area contributed by atoms with Crippen molar-refractivity contribution in [2.45, 2.75) is 44.6 Å². The first-order valence-electron chi connectivity index (χ1n) is 7.20. The van der Waals surface area contributed by atoms with E-state index in [9.17, 15) is 9.90 Å². The number of likely N-dealkylation sites (tertiary alicyclic amines) is 1. The summed E-state index contributed by atoms with van der Waals surface area (Å²) in [6.07, 6.45) is 3.75. The van der Waals surface area contributed by atoms with E-state index in [2.05, 4.69) is 18.4 Å². The highest BCUT2D eigenvalue weighted by Gasteiger charge is 2.34. The fourth-order valence-corrected chi connectivity index (χ4v) is 4.20. The van der Waals surface area contributed by atoms with Crippen molar-refractivity contribution in [3.8, 4) is 0 Å².